The van der Waals surface area contributed by atoms with Crippen LogP contribution in [0.3, 0.4) is 0 Å². The molecule has 0 atom stereocenters. The van der Waals surface area contributed by atoms with Crippen LogP contribution in [0.2, 0.25) is 0 Å². The van der Waals surface area contributed by atoms with Gasteiger partial charge in [-0.1, -0.05) is 92.8 Å². The van der Waals surface area contributed by atoms with Gasteiger partial charge in [0.25, 0.3) is 0 Å². The molecule has 0 fully saturated rings. The van der Waals surface area contributed by atoms with Gasteiger partial charge in [0.05, 0.1) is 11.4 Å². The Morgan fingerprint density at radius 2 is 1.42 bits per heavy atom. The average molecular weight is 694 g/mol. The zero-order chi connectivity index (χ0) is 27.4. The van der Waals surface area contributed by atoms with Crippen LogP contribution in [0.1, 0.15) is 97.7 Å². The minimum Gasteiger partial charge on any atom is -0.573 e. The van der Waals surface area contributed by atoms with Crippen molar-refractivity contribution in [1.82, 2.24) is 30.4 Å². The fraction of sp³-hybridized carbons (Fsp3) is 0.484. The van der Waals surface area contributed by atoms with Crippen LogP contribution in [0.5, 0.6) is 0 Å². The van der Waals surface area contributed by atoms with Crippen LogP contribution >= 0.6 is 0 Å². The molecule has 0 aromatic carbocycles. The smallest absolute Gasteiger partial charge is 0.573 e. The number of nitrogens with zero attached hydrogens (tertiary/aromatic N) is 6. The third-order valence-electron chi connectivity index (χ3n) is 6.12. The van der Waals surface area contributed by atoms with Crippen molar-refractivity contribution in [2.45, 2.75) is 92.4 Å². The Kier molecular flexibility index (Phi) is 10.8. The van der Waals surface area contributed by atoms with E-state index in [1.54, 1.807) is 0 Å². The summed E-state index contributed by atoms with van der Waals surface area (Å²) in [7, 11) is 0. The second kappa shape index (κ2) is 13.0. The molecule has 0 saturated carbocycles. The fourth-order valence-corrected chi connectivity index (χ4v) is 4.04. The van der Waals surface area contributed by atoms with Crippen molar-refractivity contribution < 1.29 is 21.1 Å². The molecule has 0 radical (unpaired) electrons. The maximum Gasteiger partial charge on any atom is 2.00 e. The molecular weight excluding hydrogens is 651 g/mol. The minimum absolute atomic E-state index is 0. The largest absolute Gasteiger partial charge is 2.00 e. The Morgan fingerprint density at radius 3 is 1.92 bits per heavy atom. The van der Waals surface area contributed by atoms with Gasteiger partial charge in [-0.15, -0.1) is 0 Å². The molecule has 0 unspecified atom stereocenters. The molecule has 38 heavy (non-hydrogen) atoms. The predicted molar refractivity (Wildman–Crippen MR) is 152 cm³/mol. The summed E-state index contributed by atoms with van der Waals surface area (Å²) in [5, 5.41) is 17.6. The Balaban J connectivity index is 0.000000389. The molecule has 7 heteroatoms. The van der Waals surface area contributed by atoms with E-state index in [2.05, 4.69) is 107 Å². The maximum absolute atomic E-state index is 4.84. The van der Waals surface area contributed by atoms with Crippen molar-refractivity contribution in [1.29, 1.82) is 0 Å². The molecule has 0 bridgehead atoms. The molecule has 4 aromatic heterocycles. The molecule has 0 saturated heterocycles. The van der Waals surface area contributed by atoms with E-state index in [-0.39, 0.29) is 31.9 Å². The van der Waals surface area contributed by atoms with Gasteiger partial charge in [-0.25, -0.2) is 0 Å². The summed E-state index contributed by atoms with van der Waals surface area (Å²) >= 11 is 0. The van der Waals surface area contributed by atoms with E-state index in [4.69, 9.17) is 4.98 Å². The van der Waals surface area contributed by atoms with Gasteiger partial charge in [-0.3, -0.25) is 9.97 Å². The standard InChI is InChI=1S/C22H29N5.C9H13N.Pt/c1-13(2)11-18-20(14(3)4)21(27-25-18)16-10-8-9-15(23-16)17-12-19(26-24-17)22(5,6)7;1-9(2,3)8-4-6-10-7-5-8;/h8-10,12-14H,11H2,1-7H3;4-7H,1-3H3;/q-2;;+2. The number of aromatic nitrogens is 6. The van der Waals surface area contributed by atoms with E-state index in [0.717, 1.165) is 40.6 Å². The first kappa shape index (κ1) is 31.6. The van der Waals surface area contributed by atoms with Crippen molar-refractivity contribution in [3.63, 3.8) is 0 Å². The van der Waals surface area contributed by atoms with Crippen molar-refractivity contribution in [3.8, 4) is 22.8 Å². The summed E-state index contributed by atoms with van der Waals surface area (Å²) in [4.78, 5) is 8.80. The number of pyridine rings is 2. The number of hydrogen-bond donors (Lipinski definition) is 0. The molecule has 0 aliphatic carbocycles. The predicted octanol–water partition coefficient (Wildman–Crippen LogP) is 7.12. The molecule has 0 aliphatic heterocycles. The SMILES string of the molecule is CC(C)(C)c1ccncc1.CC(C)Cc1n[n-]c(-c2cccc(-c3cc(C(C)(C)C)n[n-]3)n2)c1C(C)C.[Pt+2]. The second-order valence-electron chi connectivity index (χ2n) is 12.4. The first-order valence-electron chi connectivity index (χ1n) is 13.2. The van der Waals surface area contributed by atoms with Gasteiger partial charge in [0.15, 0.2) is 0 Å². The van der Waals surface area contributed by atoms with E-state index in [9.17, 15) is 0 Å². The van der Waals surface area contributed by atoms with Crippen LogP contribution in [0.25, 0.3) is 22.8 Å². The van der Waals surface area contributed by atoms with Crippen LogP contribution in [0.4, 0.5) is 0 Å². The van der Waals surface area contributed by atoms with E-state index in [1.807, 2.05) is 36.7 Å². The summed E-state index contributed by atoms with van der Waals surface area (Å²) in [5.74, 6) is 0.891. The van der Waals surface area contributed by atoms with Gasteiger partial charge >= 0.3 is 21.1 Å². The van der Waals surface area contributed by atoms with Gasteiger partial charge in [0.1, 0.15) is 0 Å². The van der Waals surface area contributed by atoms with Crippen molar-refractivity contribution in [2.75, 3.05) is 0 Å². The van der Waals surface area contributed by atoms with Gasteiger partial charge in [-0.05, 0) is 59.1 Å². The molecule has 4 rings (SSSR count). The molecule has 0 amide bonds. The summed E-state index contributed by atoms with van der Waals surface area (Å²) in [5.41, 5.74) is 8.18. The van der Waals surface area contributed by atoms with Crippen molar-refractivity contribution >= 4 is 0 Å². The van der Waals surface area contributed by atoms with Crippen LogP contribution in [-0.2, 0) is 38.3 Å². The van der Waals surface area contributed by atoms with Gasteiger partial charge in [0.2, 0.25) is 0 Å². The first-order valence-corrected chi connectivity index (χ1v) is 13.2. The Hall–Kier alpha value is -2.59. The molecule has 0 spiro atoms. The summed E-state index contributed by atoms with van der Waals surface area (Å²) in [6.07, 6.45) is 4.60. The quantitative estimate of drug-likeness (QED) is 0.222. The normalized spacial score (nSPS) is 11.8. The molecule has 0 N–H and O–H groups in total. The Labute approximate surface area is 243 Å². The fourth-order valence-electron chi connectivity index (χ4n) is 4.04. The molecular formula is C31H42N6Pt. The van der Waals surface area contributed by atoms with E-state index in [0.29, 0.717) is 11.8 Å². The Morgan fingerprint density at radius 1 is 0.789 bits per heavy atom. The van der Waals surface area contributed by atoms with Crippen molar-refractivity contribution in [2.24, 2.45) is 5.92 Å². The zero-order valence-electron chi connectivity index (χ0n) is 24.5. The second-order valence-corrected chi connectivity index (χ2v) is 12.4. The first-order chi connectivity index (χ1) is 17.3. The van der Waals surface area contributed by atoms with Crippen LogP contribution in [0, 0.1) is 5.92 Å². The monoisotopic (exact) mass is 693 g/mol. The third-order valence-corrected chi connectivity index (χ3v) is 6.12. The molecule has 6 nitrogen and oxygen atoms in total. The van der Waals surface area contributed by atoms with Gasteiger partial charge in [0, 0.05) is 29.2 Å². The van der Waals surface area contributed by atoms with E-state index in [1.165, 1.54) is 11.1 Å². The van der Waals surface area contributed by atoms with E-state index >= 15 is 0 Å². The summed E-state index contributed by atoms with van der Waals surface area (Å²) in [6, 6.07) is 12.1. The number of hydrogen-bond acceptors (Lipinski definition) is 4. The average Bonchev–Trinajstić information content (AvgIpc) is 3.47. The zero-order valence-corrected chi connectivity index (χ0v) is 26.8. The van der Waals surface area contributed by atoms with Crippen LogP contribution < -0.4 is 10.2 Å². The number of rotatable bonds is 5. The molecule has 0 aliphatic rings. The van der Waals surface area contributed by atoms with Gasteiger partial charge < -0.3 is 20.4 Å². The minimum atomic E-state index is -0.0312. The van der Waals surface area contributed by atoms with Crippen LogP contribution in [0.15, 0.2) is 48.8 Å². The Bertz CT molecular complexity index is 1270. The summed E-state index contributed by atoms with van der Waals surface area (Å²) in [6.45, 7) is 21.8. The summed E-state index contributed by atoms with van der Waals surface area (Å²) < 4.78 is 0. The van der Waals surface area contributed by atoms with Crippen LogP contribution in [-0.4, -0.2) is 20.2 Å². The molecule has 4 aromatic rings. The maximum atomic E-state index is 4.84. The molecule has 4 heterocycles. The molecule has 206 valence electrons. The topological polar surface area (TPSA) is 79.8 Å². The van der Waals surface area contributed by atoms with E-state index < -0.39 is 0 Å². The third kappa shape index (κ3) is 8.20. The van der Waals surface area contributed by atoms with Gasteiger partial charge in [-0.2, -0.15) is 0 Å². The van der Waals surface area contributed by atoms with Crippen molar-refractivity contribution in [3.05, 3.63) is 71.3 Å².